The third-order valence-electron chi connectivity index (χ3n) is 1.79. The van der Waals surface area contributed by atoms with Crippen LogP contribution >= 0.6 is 0 Å². The molecule has 84 valence electrons. The van der Waals surface area contributed by atoms with Crippen LogP contribution in [0.2, 0.25) is 0 Å². The first-order chi connectivity index (χ1) is 6.72. The molecule has 0 radical (unpaired) electrons. The molecule has 0 aromatic carbocycles. The first-order valence-electron chi connectivity index (χ1n) is 5.18. The van der Waals surface area contributed by atoms with Crippen molar-refractivity contribution in [1.82, 2.24) is 0 Å². The summed E-state index contributed by atoms with van der Waals surface area (Å²) in [7, 11) is 0. The van der Waals surface area contributed by atoms with Crippen molar-refractivity contribution in [2.45, 2.75) is 45.8 Å². The number of rotatable bonds is 9. The Morgan fingerprint density at radius 1 is 1.21 bits per heavy atom. The third-order valence-corrected chi connectivity index (χ3v) is 1.79. The van der Waals surface area contributed by atoms with Gasteiger partial charge < -0.3 is 14.6 Å². The summed E-state index contributed by atoms with van der Waals surface area (Å²) < 4.78 is 9.96. The van der Waals surface area contributed by atoms with Crippen LogP contribution in [-0.2, 0) is 14.3 Å². The van der Waals surface area contributed by atoms with Crippen LogP contribution in [0.5, 0.6) is 0 Å². The molecule has 0 fully saturated rings. The molecule has 0 aliphatic carbocycles. The number of carbonyl (C=O) groups is 1. The highest BCUT2D eigenvalue weighted by atomic mass is 16.7. The van der Waals surface area contributed by atoms with E-state index in [4.69, 9.17) is 14.6 Å². The van der Waals surface area contributed by atoms with Gasteiger partial charge >= 0.3 is 5.97 Å². The molecule has 14 heavy (non-hydrogen) atoms. The number of unbranched alkanes of at least 4 members (excludes halogenated alkanes) is 3. The van der Waals surface area contributed by atoms with Gasteiger partial charge in [0.1, 0.15) is 0 Å². The summed E-state index contributed by atoms with van der Waals surface area (Å²) in [6, 6.07) is 0. The maximum atomic E-state index is 10.6. The molecular formula is C10H20O4. The Hall–Kier alpha value is -0.610. The Kier molecular flexibility index (Phi) is 8.57. The fourth-order valence-electron chi connectivity index (χ4n) is 1.06. The average Bonchev–Trinajstić information content (AvgIpc) is 2.15. The lowest BCUT2D eigenvalue weighted by atomic mass is 10.2. The lowest BCUT2D eigenvalue weighted by molar-refractivity contribution is -0.188. The molecule has 0 amide bonds. The van der Waals surface area contributed by atoms with Crippen molar-refractivity contribution in [2.24, 2.45) is 0 Å². The first kappa shape index (κ1) is 13.4. The Morgan fingerprint density at radius 2 is 1.93 bits per heavy atom. The van der Waals surface area contributed by atoms with E-state index in [1.54, 1.807) is 6.92 Å². The molecular weight excluding hydrogens is 184 g/mol. The first-order valence-corrected chi connectivity index (χ1v) is 5.18. The largest absolute Gasteiger partial charge is 0.477 e. The van der Waals surface area contributed by atoms with Crippen LogP contribution in [-0.4, -0.2) is 30.6 Å². The predicted octanol–water partition coefficient (Wildman–Crippen LogP) is 2.03. The highest BCUT2D eigenvalue weighted by Gasteiger charge is 2.16. The van der Waals surface area contributed by atoms with Crippen molar-refractivity contribution >= 4 is 5.97 Å². The average molecular weight is 204 g/mol. The van der Waals surface area contributed by atoms with Crippen molar-refractivity contribution in [1.29, 1.82) is 0 Å². The SMILES string of the molecule is CCCCCCOC(OCC)C(=O)O. The molecule has 0 aliphatic rings. The maximum Gasteiger partial charge on any atom is 0.361 e. The Morgan fingerprint density at radius 3 is 2.43 bits per heavy atom. The second-order valence-corrected chi connectivity index (χ2v) is 3.06. The third kappa shape index (κ3) is 6.86. The van der Waals surface area contributed by atoms with E-state index in [-0.39, 0.29) is 0 Å². The van der Waals surface area contributed by atoms with E-state index >= 15 is 0 Å². The fourth-order valence-corrected chi connectivity index (χ4v) is 1.06. The lowest BCUT2D eigenvalue weighted by Crippen LogP contribution is -2.27. The zero-order valence-corrected chi connectivity index (χ0v) is 8.99. The number of ether oxygens (including phenoxy) is 2. The summed E-state index contributed by atoms with van der Waals surface area (Å²) in [6.45, 7) is 4.68. The van der Waals surface area contributed by atoms with Gasteiger partial charge in [-0.25, -0.2) is 4.79 Å². The molecule has 1 N–H and O–H groups in total. The number of carboxylic acid groups (broad SMARTS) is 1. The summed E-state index contributed by atoms with van der Waals surface area (Å²) in [5.41, 5.74) is 0. The molecule has 0 bridgehead atoms. The minimum absolute atomic E-state index is 0.353. The molecule has 0 rings (SSSR count). The summed E-state index contributed by atoms with van der Waals surface area (Å²) in [5.74, 6) is -1.05. The van der Waals surface area contributed by atoms with Crippen LogP contribution in [0.25, 0.3) is 0 Å². The van der Waals surface area contributed by atoms with Crippen molar-refractivity contribution in [3.63, 3.8) is 0 Å². The van der Waals surface area contributed by atoms with Gasteiger partial charge in [0.15, 0.2) is 0 Å². The number of hydrogen-bond donors (Lipinski definition) is 1. The van der Waals surface area contributed by atoms with Gasteiger partial charge in [0.25, 0.3) is 6.29 Å². The van der Waals surface area contributed by atoms with Crippen molar-refractivity contribution in [3.8, 4) is 0 Å². The second-order valence-electron chi connectivity index (χ2n) is 3.06. The quantitative estimate of drug-likeness (QED) is 0.461. The van der Waals surface area contributed by atoms with E-state index in [9.17, 15) is 4.79 Å². The molecule has 0 saturated carbocycles. The Balaban J connectivity index is 3.46. The summed E-state index contributed by atoms with van der Waals surface area (Å²) >= 11 is 0. The van der Waals surface area contributed by atoms with Gasteiger partial charge in [-0.1, -0.05) is 26.2 Å². The van der Waals surface area contributed by atoms with Crippen LogP contribution in [0.15, 0.2) is 0 Å². The second kappa shape index (κ2) is 8.97. The van der Waals surface area contributed by atoms with Gasteiger partial charge in [0.2, 0.25) is 0 Å². The summed E-state index contributed by atoms with van der Waals surface area (Å²) in [5, 5.41) is 8.66. The number of hydrogen-bond acceptors (Lipinski definition) is 3. The molecule has 0 spiro atoms. The van der Waals surface area contributed by atoms with Crippen LogP contribution in [0, 0.1) is 0 Å². The Labute approximate surface area is 85.2 Å². The minimum atomic E-state index is -1.10. The summed E-state index contributed by atoms with van der Waals surface area (Å²) in [6.07, 6.45) is 3.20. The smallest absolute Gasteiger partial charge is 0.361 e. The highest BCUT2D eigenvalue weighted by molar-refractivity contribution is 5.70. The molecule has 1 atom stereocenters. The standard InChI is InChI=1S/C10H20O4/c1-3-5-6-7-8-14-10(9(11)12)13-4-2/h10H,3-8H2,1-2H3,(H,11,12). The molecule has 4 heteroatoms. The highest BCUT2D eigenvalue weighted by Crippen LogP contribution is 2.02. The monoisotopic (exact) mass is 204 g/mol. The van der Waals surface area contributed by atoms with E-state index in [0.29, 0.717) is 13.2 Å². The van der Waals surface area contributed by atoms with Crippen LogP contribution in [0.1, 0.15) is 39.5 Å². The Bertz CT molecular complexity index is 147. The van der Waals surface area contributed by atoms with E-state index in [1.165, 1.54) is 0 Å². The topological polar surface area (TPSA) is 55.8 Å². The van der Waals surface area contributed by atoms with Gasteiger partial charge in [-0.15, -0.1) is 0 Å². The predicted molar refractivity (Wildman–Crippen MR) is 53.1 cm³/mol. The molecule has 4 nitrogen and oxygen atoms in total. The van der Waals surface area contributed by atoms with Gasteiger partial charge in [-0.05, 0) is 13.3 Å². The van der Waals surface area contributed by atoms with E-state index < -0.39 is 12.3 Å². The molecule has 0 aliphatic heterocycles. The van der Waals surface area contributed by atoms with Crippen LogP contribution < -0.4 is 0 Å². The normalized spacial score (nSPS) is 12.7. The van der Waals surface area contributed by atoms with Crippen LogP contribution in [0.4, 0.5) is 0 Å². The van der Waals surface area contributed by atoms with Crippen molar-refractivity contribution in [2.75, 3.05) is 13.2 Å². The fraction of sp³-hybridized carbons (Fsp3) is 0.900. The van der Waals surface area contributed by atoms with Crippen LogP contribution in [0.3, 0.4) is 0 Å². The van der Waals surface area contributed by atoms with E-state index in [0.717, 1.165) is 25.7 Å². The van der Waals surface area contributed by atoms with E-state index in [1.807, 2.05) is 0 Å². The summed E-state index contributed by atoms with van der Waals surface area (Å²) in [4.78, 5) is 10.6. The number of aliphatic carboxylic acids is 1. The minimum Gasteiger partial charge on any atom is -0.477 e. The van der Waals surface area contributed by atoms with Gasteiger partial charge in [-0.2, -0.15) is 0 Å². The van der Waals surface area contributed by atoms with Gasteiger partial charge in [0.05, 0.1) is 6.61 Å². The van der Waals surface area contributed by atoms with E-state index in [2.05, 4.69) is 6.92 Å². The van der Waals surface area contributed by atoms with Gasteiger partial charge in [-0.3, -0.25) is 0 Å². The maximum absolute atomic E-state index is 10.6. The van der Waals surface area contributed by atoms with Gasteiger partial charge in [0, 0.05) is 6.61 Å². The zero-order valence-electron chi connectivity index (χ0n) is 8.99. The molecule has 0 aromatic heterocycles. The lowest BCUT2D eigenvalue weighted by Gasteiger charge is -2.12. The zero-order chi connectivity index (χ0) is 10.8. The molecule has 0 aromatic rings. The number of carboxylic acids is 1. The van der Waals surface area contributed by atoms with Crippen molar-refractivity contribution < 1.29 is 19.4 Å². The van der Waals surface area contributed by atoms with Crippen molar-refractivity contribution in [3.05, 3.63) is 0 Å². The molecule has 0 heterocycles. The molecule has 0 saturated heterocycles. The molecule has 1 unspecified atom stereocenters.